The molecule has 1 saturated carbocycles. The van der Waals surface area contributed by atoms with E-state index in [9.17, 15) is 31.2 Å². The number of sulfonamides is 1. The number of halogens is 3. The number of fused-ring (bicyclic) bond motifs is 1. The smallest absolute Gasteiger partial charge is 0.411 e. The van der Waals surface area contributed by atoms with Crippen molar-refractivity contribution in [3.8, 4) is 22.5 Å². The fraction of sp³-hybridized carbons (Fsp3) is 0.353. The van der Waals surface area contributed by atoms with E-state index >= 15 is 0 Å². The van der Waals surface area contributed by atoms with Crippen molar-refractivity contribution in [2.75, 3.05) is 17.1 Å². The van der Waals surface area contributed by atoms with Gasteiger partial charge in [-0.25, -0.2) is 8.42 Å². The Morgan fingerprint density at radius 3 is 2.22 bits per heavy atom. The average molecular weight is 641 g/mol. The summed E-state index contributed by atoms with van der Waals surface area (Å²) in [5, 5.41) is 2.71. The molecule has 0 atom stereocenters. The summed E-state index contributed by atoms with van der Waals surface area (Å²) in [5.41, 5.74) is 1.04. The monoisotopic (exact) mass is 640 g/mol. The molecular formula is C34H35F3N2O5S. The maximum Gasteiger partial charge on any atom is 0.411 e. The van der Waals surface area contributed by atoms with Crippen LogP contribution in [0, 0.1) is 6.92 Å². The van der Waals surface area contributed by atoms with Crippen molar-refractivity contribution >= 4 is 38.4 Å². The van der Waals surface area contributed by atoms with E-state index in [0.29, 0.717) is 51.8 Å². The Balaban J connectivity index is 1.71. The Kier molecular flexibility index (Phi) is 8.61. The molecule has 7 nitrogen and oxygen atoms in total. The summed E-state index contributed by atoms with van der Waals surface area (Å²) < 4.78 is 75.4. The number of carbonyl (C=O) groups excluding carboxylic acids is 2. The van der Waals surface area contributed by atoms with Gasteiger partial charge < -0.3 is 9.73 Å². The molecule has 1 aromatic heterocycles. The zero-order valence-corrected chi connectivity index (χ0v) is 26.4. The Bertz CT molecular complexity index is 1870. The number of Topliss-reactive ketones (excluding diaryl/α,β-unsaturated/α-hetero) is 1. The lowest BCUT2D eigenvalue weighted by Crippen LogP contribution is -2.56. The summed E-state index contributed by atoms with van der Waals surface area (Å²) in [4.78, 5) is 26.6. The molecule has 238 valence electrons. The van der Waals surface area contributed by atoms with Crippen LogP contribution in [0.15, 0.2) is 65.1 Å². The van der Waals surface area contributed by atoms with Crippen LogP contribution in [0.5, 0.6) is 0 Å². The first-order valence-corrected chi connectivity index (χ1v) is 16.7. The number of hydrogen-bond donors (Lipinski definition) is 1. The minimum absolute atomic E-state index is 0.00567. The number of ketones is 1. The van der Waals surface area contributed by atoms with Crippen LogP contribution in [-0.4, -0.2) is 44.6 Å². The molecule has 0 spiro atoms. The number of carbonyl (C=O) groups is 2. The first-order valence-electron chi connectivity index (χ1n) is 14.9. The first kappa shape index (κ1) is 32.3. The van der Waals surface area contributed by atoms with Gasteiger partial charge in [-0.1, -0.05) is 61.7 Å². The topological polar surface area (TPSA) is 96.7 Å². The van der Waals surface area contributed by atoms with Crippen LogP contribution >= 0.6 is 0 Å². The van der Waals surface area contributed by atoms with Gasteiger partial charge in [0.05, 0.1) is 17.5 Å². The number of hydrogen-bond acceptors (Lipinski definition) is 5. The summed E-state index contributed by atoms with van der Waals surface area (Å²) in [6.07, 6.45) is -3.03. The molecule has 0 saturated heterocycles. The third-order valence-corrected chi connectivity index (χ3v) is 9.72. The summed E-state index contributed by atoms with van der Waals surface area (Å²) in [5.74, 6) is -0.703. The van der Waals surface area contributed by atoms with Crippen molar-refractivity contribution in [1.29, 1.82) is 0 Å². The van der Waals surface area contributed by atoms with Crippen LogP contribution in [0.1, 0.15) is 72.2 Å². The normalized spacial score (nSPS) is 14.9. The van der Waals surface area contributed by atoms with Crippen LogP contribution in [0.2, 0.25) is 0 Å². The maximum atomic E-state index is 14.0. The lowest BCUT2D eigenvalue weighted by molar-refractivity contribution is -0.191. The summed E-state index contributed by atoms with van der Waals surface area (Å²) in [6, 6.07) is 16.7. The van der Waals surface area contributed by atoms with E-state index in [2.05, 4.69) is 5.32 Å². The molecular weight excluding hydrogens is 605 g/mol. The van der Waals surface area contributed by atoms with Crippen molar-refractivity contribution in [1.82, 2.24) is 5.32 Å². The second kappa shape index (κ2) is 12.0. The Morgan fingerprint density at radius 1 is 0.978 bits per heavy atom. The lowest BCUT2D eigenvalue weighted by atomic mass is 9.94. The summed E-state index contributed by atoms with van der Waals surface area (Å²) in [6.45, 7) is 5.41. The van der Waals surface area contributed by atoms with Gasteiger partial charge in [0.15, 0.2) is 5.78 Å². The number of amides is 1. The van der Waals surface area contributed by atoms with Crippen LogP contribution in [0.25, 0.3) is 33.4 Å². The number of anilines is 1. The quantitative estimate of drug-likeness (QED) is 0.187. The number of furan rings is 1. The molecule has 45 heavy (non-hydrogen) atoms. The number of benzene rings is 3. The summed E-state index contributed by atoms with van der Waals surface area (Å²) >= 11 is 0. The maximum absolute atomic E-state index is 14.0. The molecule has 4 aromatic rings. The van der Waals surface area contributed by atoms with Gasteiger partial charge in [0.25, 0.3) is 5.91 Å². The second-order valence-corrected chi connectivity index (χ2v) is 13.5. The largest absolute Gasteiger partial charge is 0.455 e. The molecule has 11 heteroatoms. The highest BCUT2D eigenvalue weighted by Crippen LogP contribution is 2.44. The predicted molar refractivity (Wildman–Crippen MR) is 169 cm³/mol. The Labute approximate surface area is 260 Å². The molecule has 1 aliphatic carbocycles. The fourth-order valence-corrected chi connectivity index (χ4v) is 7.07. The van der Waals surface area contributed by atoms with Gasteiger partial charge in [-0.2, -0.15) is 13.2 Å². The highest BCUT2D eigenvalue weighted by Gasteiger charge is 2.56. The van der Waals surface area contributed by atoms with Crippen LogP contribution in [-0.2, 0) is 10.0 Å². The van der Waals surface area contributed by atoms with Gasteiger partial charge in [0.2, 0.25) is 10.0 Å². The van der Waals surface area contributed by atoms with Gasteiger partial charge in [-0.05, 0) is 50.5 Å². The molecule has 3 aromatic carbocycles. The van der Waals surface area contributed by atoms with E-state index in [1.54, 1.807) is 32.0 Å². The first-order chi connectivity index (χ1) is 21.2. The zero-order chi connectivity index (χ0) is 32.7. The van der Waals surface area contributed by atoms with Gasteiger partial charge in [-0.15, -0.1) is 0 Å². The second-order valence-electron chi connectivity index (χ2n) is 11.6. The van der Waals surface area contributed by atoms with E-state index < -0.39 is 27.6 Å². The van der Waals surface area contributed by atoms with Crippen LogP contribution in [0.3, 0.4) is 0 Å². The van der Waals surface area contributed by atoms with Gasteiger partial charge >= 0.3 is 6.18 Å². The zero-order valence-electron chi connectivity index (χ0n) is 25.5. The van der Waals surface area contributed by atoms with Gasteiger partial charge in [-0.3, -0.25) is 13.9 Å². The van der Waals surface area contributed by atoms with Crippen LogP contribution < -0.4 is 9.62 Å². The van der Waals surface area contributed by atoms with E-state index in [0.717, 1.165) is 11.8 Å². The number of nitrogens with one attached hydrogen (secondary N) is 1. The third kappa shape index (κ3) is 6.10. The Morgan fingerprint density at radius 2 is 1.64 bits per heavy atom. The van der Waals surface area contributed by atoms with Gasteiger partial charge in [0, 0.05) is 41.1 Å². The minimum Gasteiger partial charge on any atom is -0.455 e. The van der Waals surface area contributed by atoms with Crippen molar-refractivity contribution in [3.63, 3.8) is 0 Å². The van der Waals surface area contributed by atoms with Crippen molar-refractivity contribution in [2.45, 2.75) is 64.6 Å². The molecule has 1 N–H and O–H groups in total. The summed E-state index contributed by atoms with van der Waals surface area (Å²) in [7, 11) is -3.79. The molecule has 5 rings (SSSR count). The SMILES string of the molecule is CCC(=O)c1c(-c2ccc(C)cc2)oc2cc(N(CC)S(C)(=O)=O)c(-c3cccc(C(=O)NC4(C(F)(F)F)CCCC4)c3)cc12. The molecule has 0 unspecified atom stereocenters. The molecule has 0 radical (unpaired) electrons. The molecule has 1 heterocycles. The average Bonchev–Trinajstić information content (AvgIpc) is 3.62. The number of aryl methyl sites for hydroxylation is 1. The molecule has 0 bridgehead atoms. The molecule has 1 fully saturated rings. The molecule has 1 amide bonds. The van der Waals surface area contributed by atoms with Crippen molar-refractivity contribution in [3.05, 3.63) is 77.4 Å². The van der Waals surface area contributed by atoms with E-state index in [1.807, 2.05) is 31.2 Å². The standard InChI is InChI=1S/C34H35F3N2O5S/c1-5-28(40)30-26-19-25(23-10-9-11-24(18-23)32(41)38-33(34(35,36)37)16-7-8-17-33)27(39(6-2)45(4,42)43)20-29(26)44-31(30)22-14-12-21(3)13-15-22/h9-15,18-20H,5-8,16-17H2,1-4H3,(H,38,41). The number of alkyl halides is 3. The van der Waals surface area contributed by atoms with Gasteiger partial charge in [0.1, 0.15) is 16.9 Å². The van der Waals surface area contributed by atoms with Crippen LogP contribution in [0.4, 0.5) is 18.9 Å². The lowest BCUT2D eigenvalue weighted by Gasteiger charge is -2.32. The van der Waals surface area contributed by atoms with E-state index in [1.165, 1.54) is 22.5 Å². The number of nitrogens with zero attached hydrogens (tertiary/aromatic N) is 1. The van der Waals surface area contributed by atoms with Crippen molar-refractivity contribution in [2.24, 2.45) is 0 Å². The molecule has 1 aliphatic rings. The minimum atomic E-state index is -4.61. The van der Waals surface area contributed by atoms with E-state index in [4.69, 9.17) is 4.42 Å². The Hall–Kier alpha value is -4.12. The van der Waals surface area contributed by atoms with E-state index in [-0.39, 0.29) is 42.8 Å². The highest BCUT2D eigenvalue weighted by molar-refractivity contribution is 7.92. The predicted octanol–water partition coefficient (Wildman–Crippen LogP) is 8.06. The highest BCUT2D eigenvalue weighted by atomic mass is 32.2. The fourth-order valence-electron chi connectivity index (χ4n) is 6.09. The molecule has 0 aliphatic heterocycles. The van der Waals surface area contributed by atoms with Crippen molar-refractivity contribution < 1.29 is 35.6 Å². The number of rotatable bonds is 9. The third-order valence-electron chi connectivity index (χ3n) is 8.46.